The van der Waals surface area contributed by atoms with Crippen LogP contribution in [0, 0.1) is 10.1 Å². The molecule has 7 nitrogen and oxygen atoms in total. The first kappa shape index (κ1) is 19.4. The van der Waals surface area contributed by atoms with Gasteiger partial charge in [0, 0.05) is 42.1 Å². The van der Waals surface area contributed by atoms with E-state index in [-0.39, 0.29) is 18.0 Å². The number of aryl methyl sites for hydroxylation is 1. The zero-order valence-corrected chi connectivity index (χ0v) is 16.6. The Morgan fingerprint density at radius 3 is 2.83 bits per heavy atom. The quantitative estimate of drug-likeness (QED) is 0.415. The van der Waals surface area contributed by atoms with E-state index in [0.29, 0.717) is 52.3 Å². The Balaban J connectivity index is 1.45. The van der Waals surface area contributed by atoms with E-state index < -0.39 is 4.92 Å². The molecule has 2 heterocycles. The third kappa shape index (κ3) is 3.97. The molecule has 0 spiro atoms. The number of aromatic nitrogens is 1. The van der Waals surface area contributed by atoms with Gasteiger partial charge in [0.1, 0.15) is 0 Å². The van der Waals surface area contributed by atoms with Gasteiger partial charge in [-0.2, -0.15) is 0 Å². The fourth-order valence-corrected chi connectivity index (χ4v) is 3.83. The maximum Gasteiger partial charge on any atom is 0.271 e. The van der Waals surface area contributed by atoms with Crippen LogP contribution in [-0.2, 0) is 17.6 Å². The summed E-state index contributed by atoms with van der Waals surface area (Å²) in [4.78, 5) is 29.0. The molecule has 1 aromatic heterocycles. The Hall–Kier alpha value is -2.90. The summed E-state index contributed by atoms with van der Waals surface area (Å²) < 4.78 is 5.72. The van der Waals surface area contributed by atoms with Gasteiger partial charge in [-0.05, 0) is 30.2 Å². The van der Waals surface area contributed by atoms with Crippen molar-refractivity contribution in [1.82, 2.24) is 4.98 Å². The summed E-state index contributed by atoms with van der Waals surface area (Å²) in [6.07, 6.45) is 2.72. The monoisotopic (exact) mass is 431 g/mol. The number of oxazole rings is 1. The lowest BCUT2D eigenvalue weighted by Crippen LogP contribution is -2.29. The van der Waals surface area contributed by atoms with E-state index >= 15 is 0 Å². The van der Waals surface area contributed by atoms with Crippen LogP contribution < -0.4 is 4.90 Å². The number of amides is 1. The van der Waals surface area contributed by atoms with Crippen molar-refractivity contribution in [3.05, 3.63) is 74.2 Å². The predicted molar refractivity (Wildman–Crippen MR) is 109 cm³/mol. The van der Waals surface area contributed by atoms with Gasteiger partial charge in [0.25, 0.3) is 5.69 Å². The number of nitrogens with zero attached hydrogens (tertiary/aromatic N) is 3. The summed E-state index contributed by atoms with van der Waals surface area (Å²) in [5, 5.41) is 12.0. The fourth-order valence-electron chi connectivity index (χ4n) is 3.33. The molecule has 0 unspecified atom stereocenters. The highest BCUT2D eigenvalue weighted by molar-refractivity contribution is 6.36. The number of hydrogen-bond donors (Lipinski definition) is 0. The average Bonchev–Trinajstić information content (AvgIpc) is 3.32. The largest absolute Gasteiger partial charge is 0.441 e. The highest BCUT2D eigenvalue weighted by atomic mass is 35.5. The Morgan fingerprint density at radius 1 is 1.24 bits per heavy atom. The van der Waals surface area contributed by atoms with Gasteiger partial charge in [-0.15, -0.1) is 0 Å². The predicted octanol–water partition coefficient (Wildman–Crippen LogP) is 5.08. The van der Waals surface area contributed by atoms with Crippen molar-refractivity contribution in [3.8, 4) is 11.3 Å². The van der Waals surface area contributed by atoms with Crippen LogP contribution in [0.4, 0.5) is 11.4 Å². The number of carbonyl (C=O) groups is 1. The summed E-state index contributed by atoms with van der Waals surface area (Å²) in [7, 11) is 0. The molecule has 0 saturated carbocycles. The number of benzene rings is 2. The molecule has 1 amide bonds. The molecule has 9 heteroatoms. The van der Waals surface area contributed by atoms with E-state index in [1.165, 1.54) is 12.1 Å². The SMILES string of the molecule is O=C(CCc1ncc(-c2ccc(Cl)cc2Cl)o1)N1CCc2ccc([N+](=O)[O-])cc21. The van der Waals surface area contributed by atoms with E-state index in [4.69, 9.17) is 27.6 Å². The fraction of sp³-hybridized carbons (Fsp3) is 0.200. The maximum atomic E-state index is 12.7. The summed E-state index contributed by atoms with van der Waals surface area (Å²) in [5.74, 6) is 0.780. The first-order valence-corrected chi connectivity index (χ1v) is 9.66. The van der Waals surface area contributed by atoms with Gasteiger partial charge in [0.05, 0.1) is 21.8 Å². The topological polar surface area (TPSA) is 89.5 Å². The van der Waals surface area contributed by atoms with Crippen LogP contribution in [-0.4, -0.2) is 22.4 Å². The molecule has 0 aliphatic carbocycles. The molecular formula is C20H15Cl2N3O4. The van der Waals surface area contributed by atoms with Crippen LogP contribution in [0.15, 0.2) is 47.0 Å². The van der Waals surface area contributed by atoms with E-state index in [1.54, 1.807) is 35.4 Å². The second-order valence-corrected chi connectivity index (χ2v) is 7.45. The number of nitro benzene ring substituents is 1. The van der Waals surface area contributed by atoms with Gasteiger partial charge in [-0.1, -0.05) is 29.3 Å². The lowest BCUT2D eigenvalue weighted by Gasteiger charge is -2.16. The first-order valence-electron chi connectivity index (χ1n) is 8.90. The van der Waals surface area contributed by atoms with Crippen molar-refractivity contribution in [2.24, 2.45) is 0 Å². The number of carbonyl (C=O) groups excluding carboxylic acids is 1. The molecule has 0 saturated heterocycles. The first-order chi connectivity index (χ1) is 13.9. The number of hydrogen-bond acceptors (Lipinski definition) is 5. The van der Waals surface area contributed by atoms with Crippen LogP contribution in [0.5, 0.6) is 0 Å². The van der Waals surface area contributed by atoms with E-state index in [9.17, 15) is 14.9 Å². The van der Waals surface area contributed by atoms with E-state index in [2.05, 4.69) is 4.98 Å². The molecule has 3 aromatic rings. The minimum Gasteiger partial charge on any atom is -0.441 e. The van der Waals surface area contributed by atoms with Crippen LogP contribution in [0.1, 0.15) is 17.9 Å². The molecule has 0 radical (unpaired) electrons. The van der Waals surface area contributed by atoms with Crippen molar-refractivity contribution in [3.63, 3.8) is 0 Å². The lowest BCUT2D eigenvalue weighted by molar-refractivity contribution is -0.384. The Labute approximate surface area is 176 Å². The summed E-state index contributed by atoms with van der Waals surface area (Å²) in [6.45, 7) is 0.506. The van der Waals surface area contributed by atoms with Crippen molar-refractivity contribution in [2.45, 2.75) is 19.3 Å². The molecule has 4 rings (SSSR count). The minimum absolute atomic E-state index is 0.0272. The van der Waals surface area contributed by atoms with Gasteiger partial charge in [-0.3, -0.25) is 14.9 Å². The Morgan fingerprint density at radius 2 is 2.07 bits per heavy atom. The lowest BCUT2D eigenvalue weighted by atomic mass is 10.1. The van der Waals surface area contributed by atoms with Gasteiger partial charge in [-0.25, -0.2) is 4.98 Å². The maximum absolute atomic E-state index is 12.7. The smallest absolute Gasteiger partial charge is 0.271 e. The van der Waals surface area contributed by atoms with Crippen molar-refractivity contribution >= 4 is 40.5 Å². The van der Waals surface area contributed by atoms with Gasteiger partial charge >= 0.3 is 0 Å². The number of fused-ring (bicyclic) bond motifs is 1. The van der Waals surface area contributed by atoms with Crippen LogP contribution >= 0.6 is 23.2 Å². The molecule has 0 bridgehead atoms. The molecule has 2 aromatic carbocycles. The second-order valence-electron chi connectivity index (χ2n) is 6.61. The van der Waals surface area contributed by atoms with E-state index in [1.807, 2.05) is 0 Å². The third-order valence-electron chi connectivity index (χ3n) is 4.78. The summed E-state index contributed by atoms with van der Waals surface area (Å²) in [6, 6.07) is 9.69. The van der Waals surface area contributed by atoms with Crippen LogP contribution in [0.3, 0.4) is 0 Å². The molecular weight excluding hydrogens is 417 g/mol. The molecule has 29 heavy (non-hydrogen) atoms. The average molecular weight is 432 g/mol. The zero-order valence-electron chi connectivity index (χ0n) is 15.1. The third-order valence-corrected chi connectivity index (χ3v) is 5.33. The van der Waals surface area contributed by atoms with Gasteiger partial charge in [0.2, 0.25) is 5.91 Å². The van der Waals surface area contributed by atoms with Gasteiger partial charge in [0.15, 0.2) is 11.7 Å². The number of anilines is 1. The second kappa shape index (κ2) is 7.85. The molecule has 0 N–H and O–H groups in total. The standard InChI is InChI=1S/C20H15Cl2N3O4/c21-13-2-4-15(16(22)9-13)18-11-23-19(29-18)5-6-20(26)24-8-7-12-1-3-14(25(27)28)10-17(12)24/h1-4,9-11H,5-8H2. The van der Waals surface area contributed by atoms with Crippen LogP contribution in [0.2, 0.25) is 10.0 Å². The molecule has 0 fully saturated rings. The molecule has 0 atom stereocenters. The van der Waals surface area contributed by atoms with Gasteiger partial charge < -0.3 is 9.32 Å². The highest BCUT2D eigenvalue weighted by Crippen LogP contribution is 2.33. The zero-order chi connectivity index (χ0) is 20.5. The number of non-ortho nitro benzene ring substituents is 1. The van der Waals surface area contributed by atoms with Crippen molar-refractivity contribution in [2.75, 3.05) is 11.4 Å². The minimum atomic E-state index is -0.461. The van der Waals surface area contributed by atoms with Crippen molar-refractivity contribution in [1.29, 1.82) is 0 Å². The van der Waals surface area contributed by atoms with Crippen molar-refractivity contribution < 1.29 is 14.1 Å². The molecule has 148 valence electrons. The molecule has 1 aliphatic rings. The van der Waals surface area contributed by atoms with Crippen LogP contribution in [0.25, 0.3) is 11.3 Å². The Bertz CT molecular complexity index is 1110. The van der Waals surface area contributed by atoms with E-state index in [0.717, 1.165) is 5.56 Å². The summed E-state index contributed by atoms with van der Waals surface area (Å²) >= 11 is 12.1. The molecule has 1 aliphatic heterocycles. The number of halogens is 2. The normalized spacial score (nSPS) is 12.8. The number of rotatable bonds is 5. The Kier molecular flexibility index (Phi) is 5.25. The highest BCUT2D eigenvalue weighted by Gasteiger charge is 2.26. The summed E-state index contributed by atoms with van der Waals surface area (Å²) in [5.41, 5.74) is 2.17. The number of nitro groups is 1.